The van der Waals surface area contributed by atoms with E-state index in [0.29, 0.717) is 12.1 Å². The first-order valence-electron chi connectivity index (χ1n) is 6.49. The zero-order valence-electron chi connectivity index (χ0n) is 12.9. The monoisotopic (exact) mass is 318 g/mol. The highest BCUT2D eigenvalue weighted by atomic mass is 32.2. The Morgan fingerprint density at radius 2 is 2.05 bits per heavy atom. The maximum Gasteiger partial charge on any atom is 0.323 e. The minimum Gasteiger partial charge on any atom is -0.468 e. The van der Waals surface area contributed by atoms with E-state index in [0.717, 1.165) is 0 Å². The number of anilines is 1. The molecular weight excluding hydrogens is 296 g/mol. The van der Waals surface area contributed by atoms with E-state index in [1.165, 1.54) is 11.8 Å². The number of sulfonamides is 1. The van der Waals surface area contributed by atoms with Crippen molar-refractivity contribution in [2.45, 2.75) is 38.1 Å². The maximum absolute atomic E-state index is 12.4. The SMILES string of the molecule is COC(=O)C(CC(C)C)NS(=O)(=O)c1c(N)nn(C)c1C. The molecule has 1 atom stereocenters. The molecule has 0 saturated carbocycles. The standard InChI is InChI=1S/C12H22N4O4S/c1-7(2)6-9(12(17)20-5)15-21(18,19)10-8(3)16(4)14-11(10)13/h7,9,15H,6H2,1-5H3,(H2,13,14). The van der Waals surface area contributed by atoms with Crippen LogP contribution in [0.2, 0.25) is 0 Å². The van der Waals surface area contributed by atoms with Gasteiger partial charge in [-0.05, 0) is 19.3 Å². The van der Waals surface area contributed by atoms with Crippen molar-refractivity contribution in [2.75, 3.05) is 12.8 Å². The normalized spacial score (nSPS) is 13.4. The third-order valence-corrected chi connectivity index (χ3v) is 4.70. The summed E-state index contributed by atoms with van der Waals surface area (Å²) >= 11 is 0. The molecule has 1 rings (SSSR count). The Labute approximate surface area is 124 Å². The second-order valence-electron chi connectivity index (χ2n) is 5.25. The molecule has 1 heterocycles. The summed E-state index contributed by atoms with van der Waals surface area (Å²) in [5.41, 5.74) is 6.04. The van der Waals surface area contributed by atoms with Gasteiger partial charge in [0.1, 0.15) is 10.9 Å². The molecule has 120 valence electrons. The molecule has 0 aromatic carbocycles. The number of nitrogens with one attached hydrogen (secondary N) is 1. The molecule has 0 spiro atoms. The zero-order chi connectivity index (χ0) is 16.4. The van der Waals surface area contributed by atoms with Crippen LogP contribution in [-0.4, -0.2) is 37.3 Å². The van der Waals surface area contributed by atoms with Crippen LogP contribution >= 0.6 is 0 Å². The van der Waals surface area contributed by atoms with Gasteiger partial charge in [0.25, 0.3) is 0 Å². The van der Waals surface area contributed by atoms with Crippen molar-refractivity contribution in [1.82, 2.24) is 14.5 Å². The van der Waals surface area contributed by atoms with Gasteiger partial charge < -0.3 is 10.5 Å². The number of aryl methyl sites for hydroxylation is 1. The summed E-state index contributed by atoms with van der Waals surface area (Å²) in [4.78, 5) is 11.6. The van der Waals surface area contributed by atoms with Crippen LogP contribution in [0, 0.1) is 12.8 Å². The third kappa shape index (κ3) is 3.94. The number of hydrogen-bond acceptors (Lipinski definition) is 6. The molecule has 0 radical (unpaired) electrons. The number of aromatic nitrogens is 2. The lowest BCUT2D eigenvalue weighted by Crippen LogP contribution is -2.42. The predicted molar refractivity (Wildman–Crippen MR) is 77.9 cm³/mol. The molecule has 3 N–H and O–H groups in total. The maximum atomic E-state index is 12.4. The Kier molecular flexibility index (Phi) is 5.35. The van der Waals surface area contributed by atoms with Gasteiger partial charge in [0, 0.05) is 7.05 Å². The molecular formula is C12H22N4O4S. The highest BCUT2D eigenvalue weighted by Crippen LogP contribution is 2.22. The molecule has 9 heteroatoms. The van der Waals surface area contributed by atoms with Gasteiger partial charge in [-0.15, -0.1) is 0 Å². The van der Waals surface area contributed by atoms with Crippen molar-refractivity contribution in [3.05, 3.63) is 5.69 Å². The molecule has 1 aromatic heterocycles. The average Bonchev–Trinajstić information content (AvgIpc) is 2.60. The molecule has 1 aromatic rings. The average molecular weight is 318 g/mol. The topological polar surface area (TPSA) is 116 Å². The predicted octanol–water partition coefficient (Wildman–Crippen LogP) is 0.177. The van der Waals surface area contributed by atoms with Crippen LogP contribution in [0.4, 0.5) is 5.82 Å². The molecule has 0 amide bonds. The van der Waals surface area contributed by atoms with Gasteiger partial charge in [-0.3, -0.25) is 9.48 Å². The molecule has 0 saturated heterocycles. The second kappa shape index (κ2) is 6.44. The molecule has 0 fully saturated rings. The highest BCUT2D eigenvalue weighted by molar-refractivity contribution is 7.89. The number of rotatable bonds is 6. The minimum absolute atomic E-state index is 0.101. The Morgan fingerprint density at radius 3 is 2.43 bits per heavy atom. The van der Waals surface area contributed by atoms with Gasteiger partial charge in [0.2, 0.25) is 10.0 Å². The van der Waals surface area contributed by atoms with E-state index in [2.05, 4.69) is 14.6 Å². The molecule has 0 aliphatic rings. The largest absolute Gasteiger partial charge is 0.468 e. The molecule has 0 bridgehead atoms. The second-order valence-corrected chi connectivity index (χ2v) is 6.90. The number of carbonyl (C=O) groups excluding carboxylic acids is 1. The Bertz CT molecular complexity index is 621. The molecule has 0 aliphatic carbocycles. The van der Waals surface area contributed by atoms with Crippen molar-refractivity contribution < 1.29 is 17.9 Å². The summed E-state index contributed by atoms with van der Waals surface area (Å²) in [5.74, 6) is -0.618. The van der Waals surface area contributed by atoms with Gasteiger partial charge in [0.05, 0.1) is 12.8 Å². The fraction of sp³-hybridized carbons (Fsp3) is 0.667. The van der Waals surface area contributed by atoms with Crippen molar-refractivity contribution in [3.8, 4) is 0 Å². The lowest BCUT2D eigenvalue weighted by atomic mass is 10.1. The molecule has 8 nitrogen and oxygen atoms in total. The van der Waals surface area contributed by atoms with E-state index < -0.39 is 22.0 Å². The Morgan fingerprint density at radius 1 is 1.48 bits per heavy atom. The van der Waals surface area contributed by atoms with Crippen molar-refractivity contribution in [1.29, 1.82) is 0 Å². The summed E-state index contributed by atoms with van der Waals surface area (Å²) in [6, 6.07) is -0.959. The summed E-state index contributed by atoms with van der Waals surface area (Å²) in [7, 11) is -1.15. The number of methoxy groups -OCH3 is 1. The van der Waals surface area contributed by atoms with E-state index in [1.54, 1.807) is 14.0 Å². The number of hydrogen-bond donors (Lipinski definition) is 2. The molecule has 1 unspecified atom stereocenters. The smallest absolute Gasteiger partial charge is 0.323 e. The van der Waals surface area contributed by atoms with E-state index >= 15 is 0 Å². The van der Waals surface area contributed by atoms with Crippen LogP contribution in [-0.2, 0) is 26.6 Å². The number of nitrogens with zero attached hydrogens (tertiary/aromatic N) is 2. The number of carbonyl (C=O) groups is 1. The first kappa shape index (κ1) is 17.4. The van der Waals surface area contributed by atoms with Gasteiger partial charge in [-0.2, -0.15) is 9.82 Å². The third-order valence-electron chi connectivity index (χ3n) is 3.06. The Balaban J connectivity index is 3.14. The van der Waals surface area contributed by atoms with Crippen LogP contribution in [0.5, 0.6) is 0 Å². The number of esters is 1. The summed E-state index contributed by atoms with van der Waals surface area (Å²) < 4.78 is 33.3. The van der Waals surface area contributed by atoms with Gasteiger partial charge in [-0.1, -0.05) is 13.8 Å². The fourth-order valence-corrected chi connectivity index (χ4v) is 3.52. The quantitative estimate of drug-likeness (QED) is 0.723. The van der Waals surface area contributed by atoms with Gasteiger partial charge >= 0.3 is 5.97 Å². The summed E-state index contributed by atoms with van der Waals surface area (Å²) in [6.07, 6.45) is 0.325. The summed E-state index contributed by atoms with van der Waals surface area (Å²) in [6.45, 7) is 5.36. The Hall–Kier alpha value is -1.61. The van der Waals surface area contributed by atoms with E-state index in [9.17, 15) is 13.2 Å². The van der Waals surface area contributed by atoms with Crippen LogP contribution in [0.1, 0.15) is 26.0 Å². The van der Waals surface area contributed by atoms with Crippen LogP contribution in [0.3, 0.4) is 0 Å². The van der Waals surface area contributed by atoms with E-state index in [-0.39, 0.29) is 16.6 Å². The van der Waals surface area contributed by atoms with Crippen LogP contribution in [0.25, 0.3) is 0 Å². The lowest BCUT2D eigenvalue weighted by Gasteiger charge is -2.18. The van der Waals surface area contributed by atoms with Gasteiger partial charge in [-0.25, -0.2) is 8.42 Å². The van der Waals surface area contributed by atoms with E-state index in [1.807, 2.05) is 13.8 Å². The fourth-order valence-electron chi connectivity index (χ4n) is 2.00. The van der Waals surface area contributed by atoms with Crippen LogP contribution < -0.4 is 10.5 Å². The number of nitrogens with two attached hydrogens (primary N) is 1. The van der Waals surface area contributed by atoms with E-state index in [4.69, 9.17) is 5.73 Å². The van der Waals surface area contributed by atoms with Crippen molar-refractivity contribution >= 4 is 21.8 Å². The van der Waals surface area contributed by atoms with Crippen molar-refractivity contribution in [3.63, 3.8) is 0 Å². The minimum atomic E-state index is -3.96. The summed E-state index contributed by atoms with van der Waals surface area (Å²) in [5, 5.41) is 3.87. The molecule has 0 aliphatic heterocycles. The highest BCUT2D eigenvalue weighted by Gasteiger charge is 2.31. The van der Waals surface area contributed by atoms with Crippen LogP contribution in [0.15, 0.2) is 4.90 Å². The van der Waals surface area contributed by atoms with Crippen molar-refractivity contribution in [2.24, 2.45) is 13.0 Å². The first-order chi connectivity index (χ1) is 9.60. The number of nitrogen functional groups attached to an aromatic ring is 1. The first-order valence-corrected chi connectivity index (χ1v) is 7.97. The lowest BCUT2D eigenvalue weighted by molar-refractivity contribution is -0.143. The molecule has 21 heavy (non-hydrogen) atoms. The zero-order valence-corrected chi connectivity index (χ0v) is 13.7. The van der Waals surface area contributed by atoms with Gasteiger partial charge in [0.15, 0.2) is 5.82 Å². The number of ether oxygens (including phenoxy) is 1.